The number of amides is 1. The average Bonchev–Trinajstić information content (AvgIpc) is 3.11. The van der Waals surface area contributed by atoms with E-state index in [2.05, 4.69) is 0 Å². The lowest BCUT2D eigenvalue weighted by atomic mass is 9.95. The number of carbonyl (C=O) groups is 2. The number of phenolic OH excluding ortho intramolecular Hbond substituents is 1. The Bertz CT molecular complexity index is 1340. The van der Waals surface area contributed by atoms with Gasteiger partial charge in [0.2, 0.25) is 0 Å². The fraction of sp³-hybridized carbons (Fsp3) is 0.154. The maximum atomic E-state index is 14.0. The van der Waals surface area contributed by atoms with Crippen LogP contribution in [0.5, 0.6) is 11.5 Å². The van der Waals surface area contributed by atoms with Crippen molar-refractivity contribution in [3.63, 3.8) is 0 Å². The molecule has 2 N–H and O–H groups in total. The molecule has 3 aromatic rings. The molecule has 0 spiro atoms. The third kappa shape index (κ3) is 4.57. The number of halogens is 3. The minimum atomic E-state index is -1.23. The normalized spacial score (nSPS) is 17.1. The van der Waals surface area contributed by atoms with Gasteiger partial charge < -0.3 is 14.9 Å². The van der Waals surface area contributed by atoms with E-state index in [0.29, 0.717) is 12.4 Å². The van der Waals surface area contributed by atoms with Crippen molar-refractivity contribution in [1.29, 1.82) is 0 Å². The molecule has 4 rings (SSSR count). The Balaban J connectivity index is 1.88. The van der Waals surface area contributed by atoms with Gasteiger partial charge in [-0.05, 0) is 60.5 Å². The molecule has 1 saturated heterocycles. The zero-order chi connectivity index (χ0) is 25.3. The van der Waals surface area contributed by atoms with E-state index < -0.39 is 35.1 Å². The van der Waals surface area contributed by atoms with Crippen LogP contribution < -0.4 is 9.64 Å². The van der Waals surface area contributed by atoms with Crippen LogP contribution in [-0.4, -0.2) is 28.5 Å². The molecule has 1 aliphatic rings. The van der Waals surface area contributed by atoms with Gasteiger partial charge in [-0.2, -0.15) is 0 Å². The second-order valence-corrected chi connectivity index (χ2v) is 8.26. The molecule has 1 heterocycles. The van der Waals surface area contributed by atoms with Crippen LogP contribution >= 0.6 is 11.6 Å². The number of rotatable bonds is 6. The first kappa shape index (κ1) is 24.2. The minimum Gasteiger partial charge on any atom is -0.507 e. The number of aliphatic hydroxyl groups excluding tert-OH is 1. The largest absolute Gasteiger partial charge is 0.507 e. The number of ether oxygens (including phenoxy) is 1. The molecule has 180 valence electrons. The summed E-state index contributed by atoms with van der Waals surface area (Å²) in [6.45, 7) is 2.47. The Morgan fingerprint density at radius 2 is 1.74 bits per heavy atom. The number of anilines is 1. The number of aromatic hydroxyl groups is 1. The van der Waals surface area contributed by atoms with Crippen LogP contribution in [0.25, 0.3) is 5.76 Å². The number of nitrogens with zero attached hydrogens (tertiary/aromatic N) is 1. The van der Waals surface area contributed by atoms with Crippen molar-refractivity contribution in [2.24, 2.45) is 0 Å². The number of aliphatic hydroxyl groups is 1. The lowest BCUT2D eigenvalue weighted by molar-refractivity contribution is -0.132. The zero-order valence-corrected chi connectivity index (χ0v) is 19.2. The van der Waals surface area contributed by atoms with E-state index in [9.17, 15) is 28.6 Å². The Kier molecular flexibility index (Phi) is 6.75. The van der Waals surface area contributed by atoms with E-state index >= 15 is 0 Å². The first-order chi connectivity index (χ1) is 16.7. The Morgan fingerprint density at radius 1 is 1.03 bits per heavy atom. The van der Waals surface area contributed by atoms with Gasteiger partial charge in [0.25, 0.3) is 11.7 Å². The Labute approximate surface area is 204 Å². The molecule has 35 heavy (non-hydrogen) atoms. The summed E-state index contributed by atoms with van der Waals surface area (Å²) in [7, 11) is 0. The van der Waals surface area contributed by atoms with Crippen molar-refractivity contribution in [3.8, 4) is 11.5 Å². The zero-order valence-electron chi connectivity index (χ0n) is 18.5. The van der Waals surface area contributed by atoms with Gasteiger partial charge in [-0.3, -0.25) is 14.5 Å². The third-order valence-electron chi connectivity index (χ3n) is 5.51. The highest BCUT2D eigenvalue weighted by atomic mass is 35.5. The van der Waals surface area contributed by atoms with Crippen LogP contribution in [0, 0.1) is 11.6 Å². The predicted molar refractivity (Wildman–Crippen MR) is 126 cm³/mol. The van der Waals surface area contributed by atoms with Crippen LogP contribution in [-0.2, 0) is 9.59 Å². The first-order valence-electron chi connectivity index (χ1n) is 10.7. The number of hydrogen-bond donors (Lipinski definition) is 2. The smallest absolute Gasteiger partial charge is 0.300 e. The van der Waals surface area contributed by atoms with E-state index in [4.69, 9.17) is 16.3 Å². The Hall–Kier alpha value is -3.91. The van der Waals surface area contributed by atoms with Crippen molar-refractivity contribution in [3.05, 3.63) is 94.0 Å². The second kappa shape index (κ2) is 9.76. The number of carbonyl (C=O) groups excluding carboxylic acids is 2. The molecule has 3 aromatic carbocycles. The summed E-state index contributed by atoms with van der Waals surface area (Å²) in [6, 6.07) is 11.9. The molecular formula is C26H20ClF2NO5. The molecule has 0 aromatic heterocycles. The molecule has 1 fully saturated rings. The van der Waals surface area contributed by atoms with E-state index in [0.717, 1.165) is 29.5 Å². The van der Waals surface area contributed by atoms with Gasteiger partial charge in [0.1, 0.15) is 17.3 Å². The molecule has 1 atom stereocenters. The number of phenols is 1. The van der Waals surface area contributed by atoms with Crippen molar-refractivity contribution in [2.75, 3.05) is 11.5 Å². The number of ketones is 1. The quantitative estimate of drug-likeness (QED) is 0.256. The summed E-state index contributed by atoms with van der Waals surface area (Å²) in [5, 5.41) is 20.9. The van der Waals surface area contributed by atoms with Crippen LogP contribution in [0.1, 0.15) is 30.5 Å². The SMILES string of the molecule is CCCOc1ccc(/C(O)=C2\C(=O)C(=O)N(c3ccc(F)c(F)c3)C2c2ccc(O)c(Cl)c2)cc1. The van der Waals surface area contributed by atoms with E-state index in [-0.39, 0.29) is 33.2 Å². The van der Waals surface area contributed by atoms with Gasteiger partial charge in [-0.25, -0.2) is 8.78 Å². The second-order valence-electron chi connectivity index (χ2n) is 7.85. The molecule has 0 saturated carbocycles. The molecule has 9 heteroatoms. The average molecular weight is 500 g/mol. The fourth-order valence-corrected chi connectivity index (χ4v) is 4.02. The van der Waals surface area contributed by atoms with Crippen molar-refractivity contribution in [2.45, 2.75) is 19.4 Å². The fourth-order valence-electron chi connectivity index (χ4n) is 3.83. The van der Waals surface area contributed by atoms with E-state index in [1.54, 1.807) is 12.1 Å². The van der Waals surface area contributed by atoms with Crippen LogP contribution in [0.4, 0.5) is 14.5 Å². The topological polar surface area (TPSA) is 87.1 Å². The maximum Gasteiger partial charge on any atom is 0.300 e. The highest BCUT2D eigenvalue weighted by molar-refractivity contribution is 6.51. The number of benzene rings is 3. The van der Waals surface area contributed by atoms with Gasteiger partial charge in [0, 0.05) is 17.3 Å². The molecule has 0 aliphatic carbocycles. The Morgan fingerprint density at radius 3 is 2.37 bits per heavy atom. The summed E-state index contributed by atoms with van der Waals surface area (Å²) < 4.78 is 33.1. The molecule has 1 unspecified atom stereocenters. The lowest BCUT2D eigenvalue weighted by Gasteiger charge is -2.25. The van der Waals surface area contributed by atoms with E-state index in [1.165, 1.54) is 30.3 Å². The maximum absolute atomic E-state index is 14.0. The van der Waals surface area contributed by atoms with Gasteiger partial charge >= 0.3 is 0 Å². The van der Waals surface area contributed by atoms with Crippen LogP contribution in [0.15, 0.2) is 66.2 Å². The van der Waals surface area contributed by atoms with Gasteiger partial charge in [-0.15, -0.1) is 0 Å². The highest BCUT2D eigenvalue weighted by Gasteiger charge is 2.47. The summed E-state index contributed by atoms with van der Waals surface area (Å²) in [6.07, 6.45) is 0.810. The molecular weight excluding hydrogens is 480 g/mol. The monoisotopic (exact) mass is 499 g/mol. The summed E-state index contributed by atoms with van der Waals surface area (Å²) >= 11 is 6.07. The first-order valence-corrected chi connectivity index (χ1v) is 11.1. The van der Waals surface area contributed by atoms with Gasteiger partial charge in [0.05, 0.1) is 23.2 Å². The summed E-state index contributed by atoms with van der Waals surface area (Å²) in [5.74, 6) is -4.54. The van der Waals surface area contributed by atoms with Gasteiger partial charge in [0.15, 0.2) is 11.6 Å². The number of Topliss-reactive ketones (excluding diaryl/α,β-unsaturated/α-hetero) is 1. The summed E-state index contributed by atoms with van der Waals surface area (Å²) in [4.78, 5) is 27.1. The van der Waals surface area contributed by atoms with Crippen molar-refractivity contribution >= 4 is 34.7 Å². The van der Waals surface area contributed by atoms with Crippen LogP contribution in [0.3, 0.4) is 0 Å². The predicted octanol–water partition coefficient (Wildman–Crippen LogP) is 5.74. The molecule has 1 aliphatic heterocycles. The molecule has 6 nitrogen and oxygen atoms in total. The molecule has 1 amide bonds. The highest BCUT2D eigenvalue weighted by Crippen LogP contribution is 2.43. The minimum absolute atomic E-state index is 0.0594. The van der Waals surface area contributed by atoms with Crippen molar-refractivity contribution in [1.82, 2.24) is 0 Å². The van der Waals surface area contributed by atoms with E-state index in [1.807, 2.05) is 6.92 Å². The lowest BCUT2D eigenvalue weighted by Crippen LogP contribution is -2.29. The standard InChI is InChI=1S/C26H20ClF2NO5/c1-2-11-35-17-7-3-14(4-8-17)24(32)22-23(15-5-10-21(31)18(27)12-15)30(26(34)25(22)33)16-6-9-19(28)20(29)13-16/h3-10,12-13,23,31-32H,2,11H2,1H3/b24-22+. The third-order valence-corrected chi connectivity index (χ3v) is 5.82. The summed E-state index contributed by atoms with van der Waals surface area (Å²) in [5.41, 5.74) is 0.138. The molecule has 0 radical (unpaired) electrons. The van der Waals surface area contributed by atoms with Crippen LogP contribution in [0.2, 0.25) is 5.02 Å². The van der Waals surface area contributed by atoms with Crippen molar-refractivity contribution < 1.29 is 33.3 Å². The molecule has 0 bridgehead atoms. The number of hydrogen-bond acceptors (Lipinski definition) is 5. The van der Waals surface area contributed by atoms with Gasteiger partial charge in [-0.1, -0.05) is 24.6 Å².